The number of carbonyl (C=O) groups excluding carboxylic acids is 1. The predicted octanol–water partition coefficient (Wildman–Crippen LogP) is 4.92. The van der Waals surface area contributed by atoms with Gasteiger partial charge in [0, 0.05) is 22.9 Å². The van der Waals surface area contributed by atoms with Crippen LogP contribution < -0.4 is 5.73 Å². The van der Waals surface area contributed by atoms with E-state index in [1.54, 1.807) is 0 Å². The zero-order valence-corrected chi connectivity index (χ0v) is 17.9. The summed E-state index contributed by atoms with van der Waals surface area (Å²) in [6.07, 6.45) is -5.33. The lowest BCUT2D eigenvalue weighted by Gasteiger charge is -2.08. The Bertz CT molecular complexity index is 1410. The molecule has 2 heterocycles. The van der Waals surface area contributed by atoms with Gasteiger partial charge in [-0.25, -0.2) is 9.67 Å². The van der Waals surface area contributed by atoms with Crippen molar-refractivity contribution in [2.75, 3.05) is 0 Å². The van der Waals surface area contributed by atoms with E-state index in [9.17, 15) is 31.1 Å². The van der Waals surface area contributed by atoms with Gasteiger partial charge >= 0.3 is 12.4 Å². The molecule has 0 aliphatic rings. The summed E-state index contributed by atoms with van der Waals surface area (Å²) in [5, 5.41) is 11.6. The molecule has 0 unspecified atom stereocenters. The molecule has 13 heteroatoms. The number of aromatic nitrogens is 5. The molecule has 0 bridgehead atoms. The smallest absolute Gasteiger partial charge is 0.366 e. The third kappa shape index (κ3) is 5.24. The van der Waals surface area contributed by atoms with Gasteiger partial charge in [-0.3, -0.25) is 4.79 Å². The van der Waals surface area contributed by atoms with Crippen molar-refractivity contribution in [1.82, 2.24) is 25.0 Å². The van der Waals surface area contributed by atoms with E-state index in [0.717, 1.165) is 53.2 Å². The molecule has 2 aromatic carbocycles. The van der Waals surface area contributed by atoms with E-state index >= 15 is 0 Å². The first-order valence-corrected chi connectivity index (χ1v) is 10.0. The van der Waals surface area contributed by atoms with Crippen LogP contribution >= 0.6 is 0 Å². The quantitative estimate of drug-likeness (QED) is 0.307. The van der Waals surface area contributed by atoms with Crippen molar-refractivity contribution in [1.29, 1.82) is 0 Å². The zero-order valence-electron chi connectivity index (χ0n) is 17.9. The number of nitrogens with zero attached hydrogens (tertiary/aromatic N) is 5. The molecule has 0 aliphatic carbocycles. The van der Waals surface area contributed by atoms with Crippen molar-refractivity contribution in [2.45, 2.75) is 12.4 Å². The van der Waals surface area contributed by atoms with Crippen molar-refractivity contribution in [3.8, 4) is 22.8 Å². The van der Waals surface area contributed by atoms with E-state index in [-0.39, 0.29) is 33.9 Å². The van der Waals surface area contributed by atoms with Crippen molar-refractivity contribution in [2.24, 2.45) is 5.73 Å². The highest BCUT2D eigenvalue weighted by atomic mass is 19.4. The first kappa shape index (κ1) is 24.6. The lowest BCUT2D eigenvalue weighted by atomic mass is 10.1. The van der Waals surface area contributed by atoms with Crippen LogP contribution in [-0.2, 0) is 17.1 Å². The van der Waals surface area contributed by atoms with Crippen LogP contribution in [0.1, 0.15) is 16.7 Å². The Hall–Kier alpha value is -4.55. The molecule has 0 saturated carbocycles. The third-order valence-corrected chi connectivity index (χ3v) is 4.98. The van der Waals surface area contributed by atoms with E-state index in [1.165, 1.54) is 24.7 Å². The second-order valence-corrected chi connectivity index (χ2v) is 7.39. The SMILES string of the molecule is NC(=O)/C(=C/n1nc(-c2ccc(C(F)(F)F)cc2)nc1-c1ccc(C(F)(F)F)cc1)c1ccnnc1. The van der Waals surface area contributed by atoms with Crippen LogP contribution in [0.2, 0.25) is 0 Å². The Balaban J connectivity index is 1.86. The fraction of sp³-hybridized carbons (Fsp3) is 0.0870. The van der Waals surface area contributed by atoms with E-state index in [0.29, 0.717) is 0 Å². The van der Waals surface area contributed by atoms with Gasteiger partial charge in [-0.2, -0.15) is 36.5 Å². The molecule has 0 spiro atoms. The number of nitrogens with two attached hydrogens (primary N) is 1. The summed E-state index contributed by atoms with van der Waals surface area (Å²) in [6, 6.07) is 9.47. The van der Waals surface area contributed by atoms with Gasteiger partial charge in [-0.1, -0.05) is 24.3 Å². The first-order valence-electron chi connectivity index (χ1n) is 10.0. The molecule has 0 radical (unpaired) electrons. The largest absolute Gasteiger partial charge is 0.416 e. The molecule has 0 fully saturated rings. The van der Waals surface area contributed by atoms with Gasteiger partial charge in [0.15, 0.2) is 11.6 Å². The topological polar surface area (TPSA) is 99.6 Å². The summed E-state index contributed by atoms with van der Waals surface area (Å²) < 4.78 is 78.9. The van der Waals surface area contributed by atoms with Gasteiger partial charge in [-0.05, 0) is 30.3 Å². The maximum atomic E-state index is 13.0. The zero-order chi connectivity index (χ0) is 26.1. The lowest BCUT2D eigenvalue weighted by Crippen LogP contribution is -2.14. The standard InChI is InChI=1S/C23H14F6N6O/c24-22(25,26)16-5-1-13(2-6-16)20-33-21(14-3-7-17(8-4-14)23(27,28)29)35(34-20)12-18(19(30)36)15-9-10-31-32-11-15/h1-12H,(H2,30,36)/b18-12+. The molecule has 184 valence electrons. The van der Waals surface area contributed by atoms with Crippen molar-refractivity contribution in [3.05, 3.63) is 83.7 Å². The Morgan fingerprint density at radius 2 is 1.36 bits per heavy atom. The fourth-order valence-corrected chi connectivity index (χ4v) is 3.20. The van der Waals surface area contributed by atoms with Crippen LogP contribution in [0.3, 0.4) is 0 Å². The minimum absolute atomic E-state index is 0.0133. The molecule has 2 aromatic heterocycles. The monoisotopic (exact) mass is 504 g/mol. The van der Waals surface area contributed by atoms with E-state index in [4.69, 9.17) is 5.73 Å². The number of hydrogen-bond donors (Lipinski definition) is 1. The molecule has 0 aliphatic heterocycles. The van der Waals surface area contributed by atoms with Crippen LogP contribution in [0.4, 0.5) is 26.3 Å². The number of rotatable bonds is 5. The summed E-state index contributed by atoms with van der Waals surface area (Å²) in [7, 11) is 0. The van der Waals surface area contributed by atoms with E-state index in [1.807, 2.05) is 0 Å². The summed E-state index contributed by atoms with van der Waals surface area (Å²) >= 11 is 0. The number of benzene rings is 2. The number of carbonyl (C=O) groups is 1. The van der Waals surface area contributed by atoms with E-state index in [2.05, 4.69) is 20.3 Å². The fourth-order valence-electron chi connectivity index (χ4n) is 3.20. The van der Waals surface area contributed by atoms with E-state index < -0.39 is 29.4 Å². The van der Waals surface area contributed by atoms with Crippen LogP contribution in [0, 0.1) is 0 Å². The van der Waals surface area contributed by atoms with Crippen molar-refractivity contribution >= 4 is 17.7 Å². The maximum Gasteiger partial charge on any atom is 0.416 e. The Morgan fingerprint density at radius 3 is 1.83 bits per heavy atom. The van der Waals surface area contributed by atoms with Crippen LogP contribution in [0.5, 0.6) is 0 Å². The summed E-state index contributed by atoms with van der Waals surface area (Å²) in [5.74, 6) is -0.890. The van der Waals surface area contributed by atoms with Crippen molar-refractivity contribution < 1.29 is 31.1 Å². The molecule has 1 amide bonds. The second-order valence-electron chi connectivity index (χ2n) is 7.39. The lowest BCUT2D eigenvalue weighted by molar-refractivity contribution is -0.138. The Kier molecular flexibility index (Phi) is 6.31. The highest BCUT2D eigenvalue weighted by Gasteiger charge is 2.31. The van der Waals surface area contributed by atoms with Gasteiger partial charge in [0.05, 0.1) is 29.1 Å². The molecular weight excluding hydrogens is 490 g/mol. The van der Waals surface area contributed by atoms with Crippen molar-refractivity contribution in [3.63, 3.8) is 0 Å². The molecule has 36 heavy (non-hydrogen) atoms. The van der Waals surface area contributed by atoms with Crippen LogP contribution in [-0.4, -0.2) is 30.9 Å². The molecule has 0 saturated heterocycles. The second kappa shape index (κ2) is 9.24. The van der Waals surface area contributed by atoms with Crippen LogP contribution in [0.25, 0.3) is 34.5 Å². The summed E-state index contributed by atoms with van der Waals surface area (Å²) in [6.45, 7) is 0. The van der Waals surface area contributed by atoms with Gasteiger partial charge < -0.3 is 5.73 Å². The highest BCUT2D eigenvalue weighted by Crippen LogP contribution is 2.33. The number of primary amides is 1. The minimum Gasteiger partial charge on any atom is -0.366 e. The molecule has 4 aromatic rings. The number of halogens is 6. The summed E-state index contributed by atoms with van der Waals surface area (Å²) in [4.78, 5) is 16.4. The van der Waals surface area contributed by atoms with Gasteiger partial charge in [-0.15, -0.1) is 5.10 Å². The molecule has 4 rings (SSSR count). The van der Waals surface area contributed by atoms with Gasteiger partial charge in [0.25, 0.3) is 5.91 Å². The molecular formula is C23H14F6N6O. The van der Waals surface area contributed by atoms with Gasteiger partial charge in [0.2, 0.25) is 0 Å². The van der Waals surface area contributed by atoms with Gasteiger partial charge in [0.1, 0.15) is 0 Å². The summed E-state index contributed by atoms with van der Waals surface area (Å²) in [5.41, 5.74) is 4.34. The normalized spacial score (nSPS) is 12.6. The third-order valence-electron chi connectivity index (χ3n) is 4.98. The number of alkyl halides is 6. The number of hydrogen-bond acceptors (Lipinski definition) is 5. The highest BCUT2D eigenvalue weighted by molar-refractivity contribution is 6.22. The first-order chi connectivity index (χ1) is 16.9. The number of amides is 1. The molecule has 7 nitrogen and oxygen atoms in total. The Labute approximate surface area is 198 Å². The average Bonchev–Trinajstić information content (AvgIpc) is 3.26. The molecule has 2 N–H and O–H groups in total. The predicted molar refractivity (Wildman–Crippen MR) is 116 cm³/mol. The van der Waals surface area contributed by atoms with Crippen LogP contribution in [0.15, 0.2) is 67.0 Å². The Morgan fingerprint density at radius 1 is 0.806 bits per heavy atom. The minimum atomic E-state index is -4.56. The average molecular weight is 504 g/mol. The maximum absolute atomic E-state index is 13.0. The molecule has 0 atom stereocenters.